The monoisotopic (exact) mass is 310 g/mol. The molecule has 0 fully saturated rings. The van der Waals surface area contributed by atoms with Crippen LogP contribution in [0.1, 0.15) is 25.8 Å². The molecule has 7 heteroatoms. The number of rotatable bonds is 6. The van der Waals surface area contributed by atoms with Gasteiger partial charge in [-0.05, 0) is 38.0 Å². The first-order valence-electron chi connectivity index (χ1n) is 6.87. The van der Waals surface area contributed by atoms with Crippen LogP contribution in [0.5, 0.6) is 0 Å². The van der Waals surface area contributed by atoms with Crippen LogP contribution in [0.4, 0.5) is 9.18 Å². The Hall–Kier alpha value is -2.44. The fourth-order valence-corrected chi connectivity index (χ4v) is 1.58. The zero-order valence-corrected chi connectivity index (χ0v) is 12.5. The van der Waals surface area contributed by atoms with Crippen molar-refractivity contribution < 1.29 is 23.5 Å². The van der Waals surface area contributed by atoms with Crippen molar-refractivity contribution in [1.82, 2.24) is 10.6 Å². The van der Waals surface area contributed by atoms with Gasteiger partial charge in [0.15, 0.2) is 6.61 Å². The number of benzene rings is 1. The van der Waals surface area contributed by atoms with E-state index in [4.69, 9.17) is 4.74 Å². The van der Waals surface area contributed by atoms with Gasteiger partial charge in [0.25, 0.3) is 5.91 Å². The fraction of sp³-hybridized carbons (Fsp3) is 0.400. The van der Waals surface area contributed by atoms with Crippen molar-refractivity contribution in [3.8, 4) is 0 Å². The third-order valence-electron chi connectivity index (χ3n) is 2.57. The Kier molecular flexibility index (Phi) is 7.01. The summed E-state index contributed by atoms with van der Waals surface area (Å²) in [6, 6.07) is 5.02. The van der Waals surface area contributed by atoms with E-state index in [0.717, 1.165) is 5.56 Å². The second-order valence-electron chi connectivity index (χ2n) is 4.96. The second kappa shape index (κ2) is 8.76. The number of hydrogen-bond acceptors (Lipinski definition) is 4. The lowest BCUT2D eigenvalue weighted by Gasteiger charge is -2.09. The number of esters is 1. The van der Waals surface area contributed by atoms with Crippen LogP contribution in [0.15, 0.2) is 24.3 Å². The minimum absolute atomic E-state index is 0.0666. The van der Waals surface area contributed by atoms with Crippen LogP contribution in [-0.4, -0.2) is 30.6 Å². The second-order valence-corrected chi connectivity index (χ2v) is 4.96. The van der Waals surface area contributed by atoms with Gasteiger partial charge in [0.1, 0.15) is 5.82 Å². The molecule has 0 heterocycles. The number of hydrogen-bond donors (Lipinski definition) is 2. The van der Waals surface area contributed by atoms with Gasteiger partial charge in [-0.2, -0.15) is 0 Å². The number of amides is 3. The molecule has 0 spiro atoms. The summed E-state index contributed by atoms with van der Waals surface area (Å²) in [5.74, 6) is -1.61. The van der Waals surface area contributed by atoms with Gasteiger partial charge in [0.05, 0.1) is 0 Å². The first-order valence-corrected chi connectivity index (χ1v) is 6.87. The molecule has 6 nitrogen and oxygen atoms in total. The molecular formula is C15H19FN2O4. The number of aryl methyl sites for hydroxylation is 1. The highest BCUT2D eigenvalue weighted by atomic mass is 19.1. The molecule has 22 heavy (non-hydrogen) atoms. The number of carbonyl (C=O) groups excluding carboxylic acids is 3. The van der Waals surface area contributed by atoms with Gasteiger partial charge < -0.3 is 10.1 Å². The number of imide groups is 1. The molecule has 0 bridgehead atoms. The largest absolute Gasteiger partial charge is 0.456 e. The summed E-state index contributed by atoms with van der Waals surface area (Å²) in [6.45, 7) is 2.98. The van der Waals surface area contributed by atoms with E-state index in [1.165, 1.54) is 12.1 Å². The quantitative estimate of drug-likeness (QED) is 0.781. The van der Waals surface area contributed by atoms with Crippen molar-refractivity contribution in [2.75, 3.05) is 6.61 Å². The van der Waals surface area contributed by atoms with Gasteiger partial charge >= 0.3 is 12.0 Å². The van der Waals surface area contributed by atoms with E-state index in [-0.39, 0.29) is 18.3 Å². The van der Waals surface area contributed by atoms with Crippen LogP contribution < -0.4 is 10.6 Å². The van der Waals surface area contributed by atoms with E-state index >= 15 is 0 Å². The fourth-order valence-electron chi connectivity index (χ4n) is 1.58. The highest BCUT2D eigenvalue weighted by molar-refractivity contribution is 5.95. The smallest absolute Gasteiger partial charge is 0.321 e. The third kappa shape index (κ3) is 7.37. The van der Waals surface area contributed by atoms with Crippen LogP contribution in [0.3, 0.4) is 0 Å². The molecule has 0 unspecified atom stereocenters. The molecule has 0 aromatic heterocycles. The lowest BCUT2D eigenvalue weighted by Crippen LogP contribution is -2.44. The standard InChI is InChI=1S/C15H19FN2O4/c1-10(2)17-15(21)18-13(19)9-22-14(20)8-5-11-3-6-12(16)7-4-11/h3-4,6-7,10H,5,8-9H2,1-2H3,(H2,17,18,19,21). The Bertz CT molecular complexity index is 529. The van der Waals surface area contributed by atoms with Crippen LogP contribution in [-0.2, 0) is 20.7 Å². The van der Waals surface area contributed by atoms with E-state index in [2.05, 4.69) is 5.32 Å². The van der Waals surface area contributed by atoms with Gasteiger partial charge in [-0.15, -0.1) is 0 Å². The molecule has 1 aromatic carbocycles. The number of nitrogens with one attached hydrogen (secondary N) is 2. The maximum Gasteiger partial charge on any atom is 0.321 e. The summed E-state index contributed by atoms with van der Waals surface area (Å²) in [5.41, 5.74) is 0.791. The third-order valence-corrected chi connectivity index (χ3v) is 2.57. The Balaban J connectivity index is 2.23. The SMILES string of the molecule is CC(C)NC(=O)NC(=O)COC(=O)CCc1ccc(F)cc1. The van der Waals surface area contributed by atoms with Crippen molar-refractivity contribution in [1.29, 1.82) is 0 Å². The van der Waals surface area contributed by atoms with Crippen LogP contribution in [0.25, 0.3) is 0 Å². The first-order chi connectivity index (χ1) is 10.4. The van der Waals surface area contributed by atoms with E-state index in [9.17, 15) is 18.8 Å². The summed E-state index contributed by atoms with van der Waals surface area (Å²) in [6.07, 6.45) is 0.450. The summed E-state index contributed by atoms with van der Waals surface area (Å²) < 4.78 is 17.5. The maximum absolute atomic E-state index is 12.7. The summed E-state index contributed by atoms with van der Waals surface area (Å²) in [7, 11) is 0. The van der Waals surface area contributed by atoms with Crippen molar-refractivity contribution in [2.24, 2.45) is 0 Å². The van der Waals surface area contributed by atoms with E-state index < -0.39 is 24.5 Å². The Morgan fingerprint density at radius 1 is 1.18 bits per heavy atom. The lowest BCUT2D eigenvalue weighted by atomic mass is 10.1. The molecule has 0 radical (unpaired) electrons. The zero-order valence-electron chi connectivity index (χ0n) is 12.5. The van der Waals surface area contributed by atoms with Gasteiger partial charge in [-0.1, -0.05) is 12.1 Å². The normalized spacial score (nSPS) is 10.2. The van der Waals surface area contributed by atoms with Crippen molar-refractivity contribution in [3.05, 3.63) is 35.6 Å². The molecular weight excluding hydrogens is 291 g/mol. The highest BCUT2D eigenvalue weighted by Crippen LogP contribution is 2.06. The molecule has 0 aliphatic heterocycles. The number of halogens is 1. The molecule has 0 saturated carbocycles. The molecule has 0 aliphatic rings. The van der Waals surface area contributed by atoms with E-state index in [0.29, 0.717) is 6.42 Å². The Morgan fingerprint density at radius 3 is 2.41 bits per heavy atom. The zero-order chi connectivity index (χ0) is 16.5. The lowest BCUT2D eigenvalue weighted by molar-refractivity contribution is -0.148. The molecule has 2 N–H and O–H groups in total. The van der Waals surface area contributed by atoms with Gasteiger partial charge in [0, 0.05) is 12.5 Å². The maximum atomic E-state index is 12.7. The van der Waals surface area contributed by atoms with Gasteiger partial charge in [0.2, 0.25) is 0 Å². The first kappa shape index (κ1) is 17.6. The van der Waals surface area contributed by atoms with E-state index in [1.807, 2.05) is 5.32 Å². The highest BCUT2D eigenvalue weighted by Gasteiger charge is 2.11. The molecule has 120 valence electrons. The Morgan fingerprint density at radius 2 is 1.82 bits per heavy atom. The number of ether oxygens (including phenoxy) is 1. The van der Waals surface area contributed by atoms with Crippen molar-refractivity contribution >= 4 is 17.9 Å². The van der Waals surface area contributed by atoms with Gasteiger partial charge in [-0.3, -0.25) is 14.9 Å². The van der Waals surface area contributed by atoms with Crippen LogP contribution >= 0.6 is 0 Å². The molecule has 3 amide bonds. The molecule has 1 rings (SSSR count). The summed E-state index contributed by atoms with van der Waals surface area (Å²) in [5, 5.41) is 4.51. The minimum Gasteiger partial charge on any atom is -0.456 e. The van der Waals surface area contributed by atoms with Crippen LogP contribution in [0.2, 0.25) is 0 Å². The molecule has 1 aromatic rings. The predicted molar refractivity (Wildman–Crippen MR) is 77.5 cm³/mol. The number of carbonyl (C=O) groups is 3. The van der Waals surface area contributed by atoms with Gasteiger partial charge in [-0.25, -0.2) is 9.18 Å². The topological polar surface area (TPSA) is 84.5 Å². The number of urea groups is 1. The van der Waals surface area contributed by atoms with Crippen LogP contribution in [0, 0.1) is 5.82 Å². The predicted octanol–water partition coefficient (Wildman–Crippen LogP) is 1.54. The van der Waals surface area contributed by atoms with Crippen molar-refractivity contribution in [2.45, 2.75) is 32.7 Å². The van der Waals surface area contributed by atoms with E-state index in [1.54, 1.807) is 26.0 Å². The average molecular weight is 310 g/mol. The Labute approximate surface area is 128 Å². The summed E-state index contributed by atoms with van der Waals surface area (Å²) >= 11 is 0. The molecule has 0 aliphatic carbocycles. The molecule has 0 atom stereocenters. The average Bonchev–Trinajstić information content (AvgIpc) is 2.43. The minimum atomic E-state index is -0.701. The summed E-state index contributed by atoms with van der Waals surface area (Å²) in [4.78, 5) is 34.1. The molecule has 0 saturated heterocycles. The van der Waals surface area contributed by atoms with Crippen molar-refractivity contribution in [3.63, 3.8) is 0 Å².